The minimum atomic E-state index is -0.448. The van der Waals surface area contributed by atoms with E-state index in [2.05, 4.69) is 5.32 Å². The van der Waals surface area contributed by atoms with Crippen molar-refractivity contribution in [1.82, 2.24) is 10.2 Å². The molecule has 0 spiro atoms. The molecule has 0 saturated carbocycles. The molecule has 1 aromatic rings. The summed E-state index contributed by atoms with van der Waals surface area (Å²) in [7, 11) is 1.78. The topological polar surface area (TPSA) is 75.5 Å². The zero-order valence-corrected chi connectivity index (χ0v) is 12.5. The molecule has 0 bridgehead atoms. The van der Waals surface area contributed by atoms with Crippen molar-refractivity contribution < 1.29 is 9.72 Å². The molecule has 0 aromatic heterocycles. The Hall–Kier alpha value is -1.95. The van der Waals surface area contributed by atoms with Crippen LogP contribution in [0.5, 0.6) is 0 Å². The highest BCUT2D eigenvalue weighted by Crippen LogP contribution is 2.19. The number of hydrogen-bond donors (Lipinski definition) is 1. The summed E-state index contributed by atoms with van der Waals surface area (Å²) in [6, 6.07) is 4.71. The molecule has 1 heterocycles. The van der Waals surface area contributed by atoms with Gasteiger partial charge in [0.2, 0.25) is 0 Å². The van der Waals surface area contributed by atoms with E-state index in [4.69, 9.17) is 0 Å². The summed E-state index contributed by atoms with van der Waals surface area (Å²) in [5.41, 5.74) is 1.18. The molecule has 2 rings (SSSR count). The number of nitro groups is 1. The average Bonchev–Trinajstić information content (AvgIpc) is 2.47. The molecule has 0 aliphatic carbocycles. The van der Waals surface area contributed by atoms with Gasteiger partial charge in [-0.2, -0.15) is 0 Å². The quantitative estimate of drug-likeness (QED) is 0.681. The van der Waals surface area contributed by atoms with Gasteiger partial charge in [-0.25, -0.2) is 0 Å². The standard InChI is InChI=1S/C15H21N3O3/c1-11-9-13(18(20)21)6-7-14(11)15(19)17(2)10-12-5-3-4-8-16-12/h6-7,9,12,16H,3-5,8,10H2,1-2H3. The lowest BCUT2D eigenvalue weighted by atomic mass is 10.0. The van der Waals surface area contributed by atoms with E-state index in [0.717, 1.165) is 13.0 Å². The molecule has 1 amide bonds. The molecule has 1 fully saturated rings. The summed E-state index contributed by atoms with van der Waals surface area (Å²) >= 11 is 0. The van der Waals surface area contributed by atoms with E-state index < -0.39 is 4.92 Å². The summed E-state index contributed by atoms with van der Waals surface area (Å²) < 4.78 is 0. The van der Waals surface area contributed by atoms with Crippen molar-refractivity contribution in [2.75, 3.05) is 20.1 Å². The summed E-state index contributed by atoms with van der Waals surface area (Å²) in [4.78, 5) is 24.4. The molecule has 1 N–H and O–H groups in total. The zero-order valence-electron chi connectivity index (χ0n) is 12.5. The maximum absolute atomic E-state index is 12.4. The third kappa shape index (κ3) is 3.78. The van der Waals surface area contributed by atoms with Crippen LogP contribution in [0, 0.1) is 17.0 Å². The number of rotatable bonds is 4. The molecule has 1 saturated heterocycles. The number of nitro benzene ring substituents is 1. The van der Waals surface area contributed by atoms with Crippen molar-refractivity contribution in [2.24, 2.45) is 0 Å². The fraction of sp³-hybridized carbons (Fsp3) is 0.533. The Labute approximate surface area is 124 Å². The largest absolute Gasteiger partial charge is 0.340 e. The van der Waals surface area contributed by atoms with Crippen LogP contribution >= 0.6 is 0 Å². The Morgan fingerprint density at radius 1 is 1.48 bits per heavy atom. The molecule has 1 atom stereocenters. The second-order valence-corrected chi connectivity index (χ2v) is 5.59. The Kier molecular flexibility index (Phi) is 4.90. The van der Waals surface area contributed by atoms with E-state index in [9.17, 15) is 14.9 Å². The van der Waals surface area contributed by atoms with Gasteiger partial charge in [-0.3, -0.25) is 14.9 Å². The lowest BCUT2D eigenvalue weighted by Crippen LogP contribution is -2.44. The third-order valence-corrected chi connectivity index (χ3v) is 3.90. The summed E-state index contributed by atoms with van der Waals surface area (Å²) in [6.07, 6.45) is 3.46. The van der Waals surface area contributed by atoms with E-state index in [1.807, 2.05) is 0 Å². The van der Waals surface area contributed by atoms with E-state index in [1.54, 1.807) is 24.9 Å². The maximum Gasteiger partial charge on any atom is 0.269 e. The Balaban J connectivity index is 2.06. The lowest BCUT2D eigenvalue weighted by molar-refractivity contribution is -0.384. The minimum Gasteiger partial charge on any atom is -0.340 e. The number of piperidine rings is 1. The van der Waals surface area contributed by atoms with Gasteiger partial charge in [-0.1, -0.05) is 6.42 Å². The van der Waals surface area contributed by atoms with Crippen LogP contribution in [0.3, 0.4) is 0 Å². The number of carbonyl (C=O) groups is 1. The molecule has 114 valence electrons. The predicted molar refractivity (Wildman–Crippen MR) is 80.4 cm³/mol. The van der Waals surface area contributed by atoms with Crippen LogP contribution in [0.1, 0.15) is 35.2 Å². The van der Waals surface area contributed by atoms with Gasteiger partial charge < -0.3 is 10.2 Å². The monoisotopic (exact) mass is 291 g/mol. The second kappa shape index (κ2) is 6.67. The fourth-order valence-corrected chi connectivity index (χ4v) is 2.70. The second-order valence-electron chi connectivity index (χ2n) is 5.59. The third-order valence-electron chi connectivity index (χ3n) is 3.90. The minimum absolute atomic E-state index is 0.0145. The predicted octanol–water partition coefficient (Wildman–Crippen LogP) is 2.12. The van der Waals surface area contributed by atoms with Crippen molar-refractivity contribution in [2.45, 2.75) is 32.2 Å². The molecule has 6 nitrogen and oxygen atoms in total. The van der Waals surface area contributed by atoms with E-state index >= 15 is 0 Å². The Bertz CT molecular complexity index is 539. The van der Waals surface area contributed by atoms with E-state index in [1.165, 1.54) is 25.0 Å². The Morgan fingerprint density at radius 3 is 2.81 bits per heavy atom. The highest BCUT2D eigenvalue weighted by Gasteiger charge is 2.20. The van der Waals surface area contributed by atoms with Gasteiger partial charge in [0.05, 0.1) is 4.92 Å². The van der Waals surface area contributed by atoms with Crippen LogP contribution in [0.4, 0.5) is 5.69 Å². The molecule has 1 aliphatic heterocycles. The number of aryl methyl sites for hydroxylation is 1. The van der Waals surface area contributed by atoms with E-state index in [-0.39, 0.29) is 11.6 Å². The maximum atomic E-state index is 12.4. The molecule has 21 heavy (non-hydrogen) atoms. The number of likely N-dealkylation sites (N-methyl/N-ethyl adjacent to an activating group) is 1. The van der Waals surface area contributed by atoms with Crippen LogP contribution < -0.4 is 5.32 Å². The molecule has 1 unspecified atom stereocenters. The van der Waals surface area contributed by atoms with Crippen molar-refractivity contribution in [3.63, 3.8) is 0 Å². The van der Waals surface area contributed by atoms with Gasteiger partial charge >= 0.3 is 0 Å². The van der Waals surface area contributed by atoms with Crippen LogP contribution in [-0.2, 0) is 0 Å². The smallest absolute Gasteiger partial charge is 0.269 e. The number of benzene rings is 1. The summed E-state index contributed by atoms with van der Waals surface area (Å²) in [6.45, 7) is 3.39. The first-order chi connectivity index (χ1) is 9.99. The van der Waals surface area contributed by atoms with Crippen molar-refractivity contribution in [3.05, 3.63) is 39.4 Å². The molecule has 1 aromatic carbocycles. The number of nitrogens with one attached hydrogen (secondary N) is 1. The SMILES string of the molecule is Cc1cc([N+](=O)[O-])ccc1C(=O)N(C)CC1CCCCN1. The van der Waals surface area contributed by atoms with Gasteiger partial charge in [0.25, 0.3) is 11.6 Å². The van der Waals surface area contributed by atoms with Gasteiger partial charge in [-0.05, 0) is 37.9 Å². The fourth-order valence-electron chi connectivity index (χ4n) is 2.70. The number of hydrogen-bond acceptors (Lipinski definition) is 4. The van der Waals surface area contributed by atoms with Crippen LogP contribution in [-0.4, -0.2) is 41.9 Å². The Morgan fingerprint density at radius 2 is 2.24 bits per heavy atom. The number of non-ortho nitro benzene ring substituents is 1. The molecular weight excluding hydrogens is 270 g/mol. The van der Waals surface area contributed by atoms with Gasteiger partial charge in [0, 0.05) is 37.3 Å². The number of nitrogens with zero attached hydrogens (tertiary/aromatic N) is 2. The zero-order chi connectivity index (χ0) is 15.4. The first-order valence-corrected chi connectivity index (χ1v) is 7.23. The molecule has 1 aliphatic rings. The van der Waals surface area contributed by atoms with Crippen molar-refractivity contribution in [1.29, 1.82) is 0 Å². The molecule has 6 heteroatoms. The van der Waals surface area contributed by atoms with Crippen molar-refractivity contribution >= 4 is 11.6 Å². The van der Waals surface area contributed by atoms with Gasteiger partial charge in [0.1, 0.15) is 0 Å². The normalized spacial score (nSPS) is 18.3. The van der Waals surface area contributed by atoms with Crippen molar-refractivity contribution in [3.8, 4) is 0 Å². The van der Waals surface area contributed by atoms with E-state index in [0.29, 0.717) is 23.7 Å². The lowest BCUT2D eigenvalue weighted by Gasteiger charge is -2.28. The first kappa shape index (κ1) is 15.4. The average molecular weight is 291 g/mol. The summed E-state index contributed by atoms with van der Waals surface area (Å²) in [5.74, 6) is -0.0882. The molecular formula is C15H21N3O3. The first-order valence-electron chi connectivity index (χ1n) is 7.23. The van der Waals surface area contributed by atoms with Gasteiger partial charge in [-0.15, -0.1) is 0 Å². The van der Waals surface area contributed by atoms with Gasteiger partial charge in [0.15, 0.2) is 0 Å². The van der Waals surface area contributed by atoms with Crippen LogP contribution in [0.15, 0.2) is 18.2 Å². The number of amides is 1. The van der Waals surface area contributed by atoms with Crippen LogP contribution in [0.25, 0.3) is 0 Å². The van der Waals surface area contributed by atoms with Crippen LogP contribution in [0.2, 0.25) is 0 Å². The number of carbonyl (C=O) groups excluding carboxylic acids is 1. The highest BCUT2D eigenvalue weighted by atomic mass is 16.6. The molecule has 0 radical (unpaired) electrons. The highest BCUT2D eigenvalue weighted by molar-refractivity contribution is 5.95. The summed E-state index contributed by atoms with van der Waals surface area (Å²) in [5, 5.41) is 14.1.